The fraction of sp³-hybridized carbons (Fsp3) is 0.357. The van der Waals surface area contributed by atoms with Crippen molar-refractivity contribution in [1.29, 1.82) is 0 Å². The molecule has 1 rings (SSSR count). The van der Waals surface area contributed by atoms with E-state index in [1.807, 2.05) is 0 Å². The Hall–Kier alpha value is -1.79. The van der Waals surface area contributed by atoms with E-state index < -0.39 is 18.0 Å². The lowest BCUT2D eigenvalue weighted by molar-refractivity contribution is -0.157. The first-order valence-electron chi connectivity index (χ1n) is 6.36. The lowest BCUT2D eigenvalue weighted by Gasteiger charge is -2.17. The van der Waals surface area contributed by atoms with Gasteiger partial charge in [0.1, 0.15) is 6.54 Å². The molecule has 0 heterocycles. The number of nitrogens with one attached hydrogen (secondary N) is 1. The predicted octanol–water partition coefficient (Wildman–Crippen LogP) is 1.74. The summed E-state index contributed by atoms with van der Waals surface area (Å²) in [7, 11) is 3.11. The molecule has 0 spiro atoms. The number of amides is 2. The maximum absolute atomic E-state index is 11.8. The summed E-state index contributed by atoms with van der Waals surface area (Å²) in [4.78, 5) is 36.3. The van der Waals surface area contributed by atoms with Crippen LogP contribution in [0.2, 0.25) is 10.0 Å². The van der Waals surface area contributed by atoms with E-state index in [2.05, 4.69) is 5.32 Å². The van der Waals surface area contributed by atoms with Crippen LogP contribution in [0, 0.1) is 0 Å². The average Bonchev–Trinajstić information content (AvgIpc) is 2.46. The van der Waals surface area contributed by atoms with Gasteiger partial charge in [-0.2, -0.15) is 0 Å². The highest BCUT2D eigenvalue weighted by Crippen LogP contribution is 2.22. The largest absolute Gasteiger partial charge is 0.451 e. The summed E-state index contributed by atoms with van der Waals surface area (Å²) in [5.41, 5.74) is 0.264. The number of halogens is 2. The van der Waals surface area contributed by atoms with Gasteiger partial charge in [-0.05, 0) is 25.1 Å². The Bertz CT molecular complexity index is 590. The van der Waals surface area contributed by atoms with Crippen LogP contribution in [0.25, 0.3) is 0 Å². The molecule has 8 heteroatoms. The minimum absolute atomic E-state index is 0.238. The number of esters is 1. The summed E-state index contributed by atoms with van der Waals surface area (Å²) >= 11 is 11.6. The number of carbonyl (C=O) groups excluding carboxylic acids is 3. The molecule has 1 aromatic carbocycles. The van der Waals surface area contributed by atoms with Crippen LogP contribution in [-0.4, -0.2) is 49.4 Å². The number of ether oxygens (including phenoxy) is 1. The fourth-order valence-electron chi connectivity index (χ4n) is 1.54. The zero-order valence-corrected chi connectivity index (χ0v) is 13.9. The van der Waals surface area contributed by atoms with Crippen molar-refractivity contribution in [2.45, 2.75) is 13.0 Å². The van der Waals surface area contributed by atoms with Gasteiger partial charge in [-0.1, -0.05) is 23.2 Å². The first-order chi connectivity index (χ1) is 10.2. The zero-order valence-electron chi connectivity index (χ0n) is 12.4. The van der Waals surface area contributed by atoms with Crippen LogP contribution in [0.4, 0.5) is 0 Å². The number of nitrogens with zero attached hydrogens (tertiary/aromatic N) is 1. The highest BCUT2D eigenvalue weighted by molar-refractivity contribution is 6.42. The van der Waals surface area contributed by atoms with Gasteiger partial charge in [-0.15, -0.1) is 0 Å². The second-order valence-electron chi connectivity index (χ2n) is 4.68. The molecular formula is C14H16Cl2N2O4. The summed E-state index contributed by atoms with van der Waals surface area (Å²) in [6.45, 7) is 1.10. The minimum atomic E-state index is -0.913. The van der Waals surface area contributed by atoms with Crippen molar-refractivity contribution in [3.05, 3.63) is 33.8 Å². The normalized spacial score (nSPS) is 11.5. The van der Waals surface area contributed by atoms with Crippen LogP contribution in [-0.2, 0) is 14.3 Å². The van der Waals surface area contributed by atoms with Gasteiger partial charge in [-0.3, -0.25) is 14.4 Å². The summed E-state index contributed by atoms with van der Waals surface area (Å²) in [6.07, 6.45) is -0.913. The number of benzene rings is 1. The zero-order chi connectivity index (χ0) is 16.9. The number of hydrogen-bond donors (Lipinski definition) is 1. The van der Waals surface area contributed by atoms with Crippen molar-refractivity contribution in [3.63, 3.8) is 0 Å². The quantitative estimate of drug-likeness (QED) is 0.824. The summed E-state index contributed by atoms with van der Waals surface area (Å²) < 4.78 is 4.91. The fourth-order valence-corrected chi connectivity index (χ4v) is 1.84. The van der Waals surface area contributed by atoms with Gasteiger partial charge in [0.2, 0.25) is 0 Å². The Labute approximate surface area is 138 Å². The molecule has 2 amide bonds. The van der Waals surface area contributed by atoms with E-state index >= 15 is 0 Å². The molecule has 0 fully saturated rings. The molecule has 0 aromatic heterocycles. The highest BCUT2D eigenvalue weighted by atomic mass is 35.5. The average molecular weight is 347 g/mol. The van der Waals surface area contributed by atoms with Crippen LogP contribution in [0.1, 0.15) is 17.3 Å². The molecule has 1 aromatic rings. The minimum Gasteiger partial charge on any atom is -0.451 e. The molecular weight excluding hydrogens is 331 g/mol. The number of likely N-dealkylation sites (N-methyl/N-ethyl adjacent to an activating group) is 1. The van der Waals surface area contributed by atoms with E-state index in [1.54, 1.807) is 14.1 Å². The lowest BCUT2D eigenvalue weighted by atomic mass is 10.2. The van der Waals surface area contributed by atoms with Gasteiger partial charge >= 0.3 is 5.97 Å². The molecule has 0 radical (unpaired) electrons. The second kappa shape index (κ2) is 8.00. The molecule has 0 aliphatic carbocycles. The summed E-state index contributed by atoms with van der Waals surface area (Å²) in [5.74, 6) is -1.55. The van der Waals surface area contributed by atoms with Crippen molar-refractivity contribution in [2.24, 2.45) is 0 Å². The van der Waals surface area contributed by atoms with E-state index in [0.29, 0.717) is 5.02 Å². The standard InChI is InChI=1S/C14H16Cl2N2O4/c1-8(14(21)18(2)3)22-12(19)7-17-13(20)9-4-5-10(15)11(16)6-9/h4-6,8H,7H2,1-3H3,(H,17,20)/t8-/m1/s1. The Kier molecular flexibility index (Phi) is 6.64. The van der Waals surface area contributed by atoms with Crippen molar-refractivity contribution in [2.75, 3.05) is 20.6 Å². The Morgan fingerprint density at radius 2 is 1.86 bits per heavy atom. The first kappa shape index (κ1) is 18.3. The number of hydrogen-bond acceptors (Lipinski definition) is 4. The molecule has 1 atom stereocenters. The van der Waals surface area contributed by atoms with Crippen molar-refractivity contribution in [3.8, 4) is 0 Å². The van der Waals surface area contributed by atoms with E-state index in [0.717, 1.165) is 0 Å². The molecule has 22 heavy (non-hydrogen) atoms. The first-order valence-corrected chi connectivity index (χ1v) is 7.12. The second-order valence-corrected chi connectivity index (χ2v) is 5.49. The number of carbonyl (C=O) groups is 3. The predicted molar refractivity (Wildman–Crippen MR) is 83.0 cm³/mol. The van der Waals surface area contributed by atoms with E-state index in [-0.39, 0.29) is 23.0 Å². The Morgan fingerprint density at radius 3 is 2.41 bits per heavy atom. The van der Waals surface area contributed by atoms with Crippen LogP contribution < -0.4 is 5.32 Å². The van der Waals surface area contributed by atoms with Crippen LogP contribution in [0.15, 0.2) is 18.2 Å². The molecule has 0 unspecified atom stereocenters. The summed E-state index contributed by atoms with van der Waals surface area (Å²) in [5, 5.41) is 2.94. The van der Waals surface area contributed by atoms with E-state index in [1.165, 1.54) is 30.0 Å². The third-order valence-electron chi connectivity index (χ3n) is 2.67. The Morgan fingerprint density at radius 1 is 1.23 bits per heavy atom. The van der Waals surface area contributed by atoms with E-state index in [9.17, 15) is 14.4 Å². The maximum atomic E-state index is 11.8. The molecule has 6 nitrogen and oxygen atoms in total. The SMILES string of the molecule is C[C@@H](OC(=O)CNC(=O)c1ccc(Cl)c(Cl)c1)C(=O)N(C)C. The maximum Gasteiger partial charge on any atom is 0.326 e. The van der Waals surface area contributed by atoms with Gasteiger partial charge in [-0.25, -0.2) is 0 Å². The van der Waals surface area contributed by atoms with Crippen molar-refractivity contribution in [1.82, 2.24) is 10.2 Å². The topological polar surface area (TPSA) is 75.7 Å². The highest BCUT2D eigenvalue weighted by Gasteiger charge is 2.19. The Balaban J connectivity index is 2.51. The number of rotatable bonds is 5. The monoisotopic (exact) mass is 346 g/mol. The van der Waals surface area contributed by atoms with E-state index in [4.69, 9.17) is 27.9 Å². The van der Waals surface area contributed by atoms with Gasteiger partial charge in [0, 0.05) is 19.7 Å². The summed E-state index contributed by atoms with van der Waals surface area (Å²) in [6, 6.07) is 4.35. The van der Waals surface area contributed by atoms with Crippen LogP contribution in [0.3, 0.4) is 0 Å². The smallest absolute Gasteiger partial charge is 0.326 e. The van der Waals surface area contributed by atoms with Crippen molar-refractivity contribution >= 4 is 41.0 Å². The third-order valence-corrected chi connectivity index (χ3v) is 3.41. The van der Waals surface area contributed by atoms with Gasteiger partial charge in [0.05, 0.1) is 10.0 Å². The lowest BCUT2D eigenvalue weighted by Crippen LogP contribution is -2.38. The van der Waals surface area contributed by atoms with Crippen LogP contribution >= 0.6 is 23.2 Å². The molecule has 0 aliphatic rings. The molecule has 0 aliphatic heterocycles. The van der Waals surface area contributed by atoms with Gasteiger partial charge in [0.15, 0.2) is 6.10 Å². The van der Waals surface area contributed by atoms with Gasteiger partial charge < -0.3 is 15.0 Å². The molecule has 0 saturated heterocycles. The van der Waals surface area contributed by atoms with Crippen molar-refractivity contribution < 1.29 is 19.1 Å². The van der Waals surface area contributed by atoms with Crippen LogP contribution in [0.5, 0.6) is 0 Å². The third kappa shape index (κ3) is 5.20. The molecule has 0 saturated carbocycles. The molecule has 1 N–H and O–H groups in total. The molecule has 120 valence electrons. The molecule has 0 bridgehead atoms. The van der Waals surface area contributed by atoms with Gasteiger partial charge in [0.25, 0.3) is 11.8 Å².